The maximum atomic E-state index is 13.2. The minimum atomic E-state index is -0.835. The van der Waals surface area contributed by atoms with E-state index in [-0.39, 0.29) is 41.8 Å². The van der Waals surface area contributed by atoms with Crippen molar-refractivity contribution < 1.29 is 23.4 Å². The van der Waals surface area contributed by atoms with E-state index in [0.29, 0.717) is 11.3 Å². The Balaban J connectivity index is 2.07. The molecule has 0 saturated carbocycles. The summed E-state index contributed by atoms with van der Waals surface area (Å²) in [7, 11) is 0. The average Bonchev–Trinajstić information content (AvgIpc) is 2.73. The molecule has 31 heavy (non-hydrogen) atoms. The molecule has 0 spiro atoms. The van der Waals surface area contributed by atoms with Crippen LogP contribution in [0.1, 0.15) is 30.9 Å². The number of nitriles is 1. The molecule has 1 heterocycles. The van der Waals surface area contributed by atoms with Crippen molar-refractivity contribution in [2.45, 2.75) is 26.4 Å². The molecule has 2 aromatic rings. The molecule has 160 valence electrons. The van der Waals surface area contributed by atoms with Gasteiger partial charge in [-0.15, -0.1) is 0 Å². The third-order valence-corrected chi connectivity index (χ3v) is 5.18. The number of halogens is 2. The number of carbonyl (C=O) groups is 1. The fraction of sp³-hybridized carbons (Fsp3) is 0.217. The molecule has 0 saturated heterocycles. The molecular weight excluding hydrogens is 467 g/mol. The van der Waals surface area contributed by atoms with Gasteiger partial charge in [-0.1, -0.05) is 28.1 Å². The molecule has 0 amide bonds. The van der Waals surface area contributed by atoms with Crippen molar-refractivity contribution in [1.82, 2.24) is 0 Å². The molecule has 0 radical (unpaired) electrons. The van der Waals surface area contributed by atoms with Crippen LogP contribution in [0.5, 0.6) is 5.75 Å². The van der Waals surface area contributed by atoms with E-state index in [9.17, 15) is 14.4 Å². The normalized spacial score (nSPS) is 15.9. The van der Waals surface area contributed by atoms with E-state index in [1.807, 2.05) is 0 Å². The summed E-state index contributed by atoms with van der Waals surface area (Å²) in [5.41, 5.74) is 7.53. The maximum Gasteiger partial charge on any atom is 0.338 e. The van der Waals surface area contributed by atoms with Gasteiger partial charge in [-0.2, -0.15) is 5.26 Å². The number of carbonyl (C=O) groups excluding carboxylic acids is 1. The van der Waals surface area contributed by atoms with Gasteiger partial charge in [0.05, 0.1) is 18.1 Å². The summed E-state index contributed by atoms with van der Waals surface area (Å²) in [4.78, 5) is 12.7. The van der Waals surface area contributed by atoms with Gasteiger partial charge in [0.25, 0.3) is 0 Å². The Kier molecular flexibility index (Phi) is 6.98. The standard InChI is InChI=1S/C23H20BrFN2O4/c1-3-29-23(28)20-13(2)31-22(27)18(11-26)21(20)17-10-15(24)6-9-19(17)30-12-14-4-7-16(25)8-5-14/h4-10,21H,3,12,27H2,1-2H3. The zero-order valence-electron chi connectivity index (χ0n) is 16.9. The number of esters is 1. The summed E-state index contributed by atoms with van der Waals surface area (Å²) in [6.07, 6.45) is 0. The summed E-state index contributed by atoms with van der Waals surface area (Å²) in [5.74, 6) is -1.16. The Hall–Kier alpha value is -3.31. The molecule has 0 bridgehead atoms. The summed E-state index contributed by atoms with van der Waals surface area (Å²) < 4.78 is 30.6. The Bertz CT molecular complexity index is 1100. The number of hydrogen-bond donors (Lipinski definition) is 1. The van der Waals surface area contributed by atoms with Gasteiger partial charge >= 0.3 is 5.97 Å². The predicted molar refractivity (Wildman–Crippen MR) is 115 cm³/mol. The molecule has 0 fully saturated rings. The number of hydrogen-bond acceptors (Lipinski definition) is 6. The minimum Gasteiger partial charge on any atom is -0.489 e. The summed E-state index contributed by atoms with van der Waals surface area (Å²) in [6, 6.07) is 13.3. The quantitative estimate of drug-likeness (QED) is 0.588. The largest absolute Gasteiger partial charge is 0.489 e. The van der Waals surface area contributed by atoms with Crippen molar-refractivity contribution in [3.63, 3.8) is 0 Å². The molecular formula is C23H20BrFN2O4. The molecule has 2 aromatic carbocycles. The molecule has 0 aliphatic carbocycles. The lowest BCUT2D eigenvalue weighted by molar-refractivity contribution is -0.139. The van der Waals surface area contributed by atoms with E-state index >= 15 is 0 Å². The van der Waals surface area contributed by atoms with E-state index < -0.39 is 11.9 Å². The average molecular weight is 487 g/mol. The minimum absolute atomic E-state index is 0.0810. The first-order valence-electron chi connectivity index (χ1n) is 9.47. The maximum absolute atomic E-state index is 13.2. The van der Waals surface area contributed by atoms with Gasteiger partial charge in [-0.3, -0.25) is 0 Å². The first-order valence-corrected chi connectivity index (χ1v) is 10.3. The number of benzene rings is 2. The zero-order chi connectivity index (χ0) is 22.5. The van der Waals surface area contributed by atoms with Gasteiger partial charge in [-0.25, -0.2) is 9.18 Å². The highest BCUT2D eigenvalue weighted by Gasteiger charge is 2.38. The van der Waals surface area contributed by atoms with Crippen LogP contribution < -0.4 is 10.5 Å². The molecule has 3 rings (SSSR count). The Morgan fingerprint density at radius 2 is 2.00 bits per heavy atom. The number of ether oxygens (including phenoxy) is 3. The van der Waals surface area contributed by atoms with Gasteiger partial charge in [0.2, 0.25) is 5.88 Å². The van der Waals surface area contributed by atoms with Crippen LogP contribution >= 0.6 is 15.9 Å². The monoisotopic (exact) mass is 486 g/mol. The third-order valence-electron chi connectivity index (χ3n) is 4.69. The van der Waals surface area contributed by atoms with Gasteiger partial charge in [-0.05, 0) is 49.7 Å². The van der Waals surface area contributed by atoms with Crippen LogP contribution in [0.15, 0.2) is 69.7 Å². The van der Waals surface area contributed by atoms with E-state index in [1.165, 1.54) is 12.1 Å². The van der Waals surface area contributed by atoms with Crippen LogP contribution in [0.4, 0.5) is 4.39 Å². The molecule has 1 aliphatic heterocycles. The van der Waals surface area contributed by atoms with Crippen LogP contribution in [-0.4, -0.2) is 12.6 Å². The van der Waals surface area contributed by atoms with Gasteiger partial charge in [0.15, 0.2) is 0 Å². The lowest BCUT2D eigenvalue weighted by Gasteiger charge is -2.28. The number of allylic oxidation sites excluding steroid dienone is 2. The second kappa shape index (κ2) is 9.67. The van der Waals surface area contributed by atoms with Crippen molar-refractivity contribution in [2.75, 3.05) is 6.61 Å². The van der Waals surface area contributed by atoms with Crippen LogP contribution in [0.2, 0.25) is 0 Å². The van der Waals surface area contributed by atoms with Crippen molar-refractivity contribution in [1.29, 1.82) is 5.26 Å². The molecule has 1 atom stereocenters. The zero-order valence-corrected chi connectivity index (χ0v) is 18.5. The highest BCUT2D eigenvalue weighted by atomic mass is 79.9. The highest BCUT2D eigenvalue weighted by molar-refractivity contribution is 9.10. The second-order valence-corrected chi connectivity index (χ2v) is 7.63. The first-order chi connectivity index (χ1) is 14.8. The summed E-state index contributed by atoms with van der Waals surface area (Å²) >= 11 is 3.44. The van der Waals surface area contributed by atoms with Crippen LogP contribution in [-0.2, 0) is 20.9 Å². The van der Waals surface area contributed by atoms with Crippen molar-refractivity contribution in [3.05, 3.63) is 86.7 Å². The summed E-state index contributed by atoms with van der Waals surface area (Å²) in [6.45, 7) is 3.61. The molecule has 0 aromatic heterocycles. The van der Waals surface area contributed by atoms with Gasteiger partial charge in [0, 0.05) is 10.0 Å². The van der Waals surface area contributed by atoms with Crippen LogP contribution in [0.3, 0.4) is 0 Å². The second-order valence-electron chi connectivity index (χ2n) is 6.71. The topological polar surface area (TPSA) is 94.6 Å². The highest BCUT2D eigenvalue weighted by Crippen LogP contribution is 2.44. The lowest BCUT2D eigenvalue weighted by Crippen LogP contribution is -2.26. The van der Waals surface area contributed by atoms with Crippen LogP contribution in [0, 0.1) is 17.1 Å². The molecule has 1 aliphatic rings. The Morgan fingerprint density at radius 1 is 1.29 bits per heavy atom. The summed E-state index contributed by atoms with van der Waals surface area (Å²) in [5, 5.41) is 9.77. The molecule has 6 nitrogen and oxygen atoms in total. The van der Waals surface area contributed by atoms with Crippen molar-refractivity contribution in [3.8, 4) is 11.8 Å². The van der Waals surface area contributed by atoms with E-state index in [0.717, 1.165) is 10.0 Å². The van der Waals surface area contributed by atoms with E-state index in [1.54, 1.807) is 44.2 Å². The van der Waals surface area contributed by atoms with Gasteiger partial charge in [0.1, 0.15) is 35.6 Å². The number of rotatable bonds is 6. The lowest BCUT2D eigenvalue weighted by atomic mass is 9.82. The van der Waals surface area contributed by atoms with Crippen LogP contribution in [0.25, 0.3) is 0 Å². The number of nitrogens with zero attached hydrogens (tertiary/aromatic N) is 1. The van der Waals surface area contributed by atoms with Crippen molar-refractivity contribution >= 4 is 21.9 Å². The number of nitrogens with two attached hydrogens (primary N) is 1. The van der Waals surface area contributed by atoms with Crippen molar-refractivity contribution in [2.24, 2.45) is 5.73 Å². The van der Waals surface area contributed by atoms with E-state index in [2.05, 4.69) is 22.0 Å². The molecule has 8 heteroatoms. The third kappa shape index (κ3) is 4.89. The Morgan fingerprint density at radius 3 is 2.65 bits per heavy atom. The fourth-order valence-corrected chi connectivity index (χ4v) is 3.66. The van der Waals surface area contributed by atoms with Gasteiger partial charge < -0.3 is 19.9 Å². The SMILES string of the molecule is CCOC(=O)C1=C(C)OC(N)=C(C#N)C1c1cc(Br)ccc1OCc1ccc(F)cc1. The molecule has 1 unspecified atom stereocenters. The smallest absolute Gasteiger partial charge is 0.338 e. The first kappa shape index (κ1) is 22.4. The fourth-order valence-electron chi connectivity index (χ4n) is 3.28. The predicted octanol–water partition coefficient (Wildman–Crippen LogP) is 4.81. The Labute approximate surface area is 187 Å². The van der Waals surface area contributed by atoms with E-state index in [4.69, 9.17) is 19.9 Å². The molecule has 2 N–H and O–H groups in total.